The molecule has 0 aromatic heterocycles. The number of fused-ring (bicyclic) bond motifs is 1. The third-order valence-corrected chi connectivity index (χ3v) is 5.49. The lowest BCUT2D eigenvalue weighted by molar-refractivity contribution is 0.0594. The van der Waals surface area contributed by atoms with E-state index in [-0.39, 0.29) is 18.7 Å². The van der Waals surface area contributed by atoms with Gasteiger partial charge in [0.25, 0.3) is 5.91 Å². The van der Waals surface area contributed by atoms with Gasteiger partial charge in [0.1, 0.15) is 0 Å². The van der Waals surface area contributed by atoms with Crippen LogP contribution in [0.3, 0.4) is 0 Å². The van der Waals surface area contributed by atoms with Crippen molar-refractivity contribution in [1.29, 1.82) is 0 Å². The van der Waals surface area contributed by atoms with Gasteiger partial charge in [0.15, 0.2) is 11.5 Å². The highest BCUT2D eigenvalue weighted by Crippen LogP contribution is 2.33. The normalized spacial score (nSPS) is 17.1. The lowest BCUT2D eigenvalue weighted by Crippen LogP contribution is -2.47. The molecule has 2 aliphatic rings. The second kappa shape index (κ2) is 8.01. The molecule has 0 bridgehead atoms. The van der Waals surface area contributed by atoms with Crippen molar-refractivity contribution in [2.75, 3.05) is 33.5 Å². The van der Waals surface area contributed by atoms with Gasteiger partial charge in [-0.2, -0.15) is 0 Å². The lowest BCUT2D eigenvalue weighted by atomic mass is 10.0. The van der Waals surface area contributed by atoms with Gasteiger partial charge in [0.05, 0.1) is 0 Å². The van der Waals surface area contributed by atoms with E-state index in [9.17, 15) is 4.79 Å². The molecule has 1 saturated heterocycles. The van der Waals surface area contributed by atoms with Gasteiger partial charge >= 0.3 is 0 Å². The second-order valence-corrected chi connectivity index (χ2v) is 7.34. The van der Waals surface area contributed by atoms with Crippen LogP contribution in [0.4, 0.5) is 0 Å². The summed E-state index contributed by atoms with van der Waals surface area (Å²) < 4.78 is 10.8. The monoisotopic (exact) mass is 366 g/mol. The van der Waals surface area contributed by atoms with Gasteiger partial charge in [-0.25, -0.2) is 0 Å². The first kappa shape index (κ1) is 17.9. The van der Waals surface area contributed by atoms with Crippen LogP contribution in [0.25, 0.3) is 0 Å². The van der Waals surface area contributed by atoms with Crippen LogP contribution in [0.2, 0.25) is 0 Å². The summed E-state index contributed by atoms with van der Waals surface area (Å²) in [5, 5.41) is 0. The summed E-state index contributed by atoms with van der Waals surface area (Å²) in [5.41, 5.74) is 1.93. The predicted molar refractivity (Wildman–Crippen MR) is 104 cm³/mol. The Hall–Kier alpha value is -2.53. The van der Waals surface area contributed by atoms with E-state index in [1.54, 1.807) is 0 Å². The van der Waals surface area contributed by atoms with Gasteiger partial charge in [-0.1, -0.05) is 30.3 Å². The van der Waals surface area contributed by atoms with E-state index in [0.717, 1.165) is 38.9 Å². The molecule has 0 atom stereocenters. The van der Waals surface area contributed by atoms with E-state index < -0.39 is 0 Å². The molecule has 1 amide bonds. The molecule has 0 aliphatic carbocycles. The molecule has 0 spiro atoms. The molecule has 2 aromatic rings. The Bertz CT molecular complexity index is 785. The summed E-state index contributed by atoms with van der Waals surface area (Å²) in [7, 11) is 2.14. The third kappa shape index (κ3) is 4.08. The van der Waals surface area contributed by atoms with Crippen molar-refractivity contribution >= 4 is 5.91 Å². The van der Waals surface area contributed by atoms with Crippen LogP contribution in [0.1, 0.15) is 28.8 Å². The SMILES string of the molecule is CN1CCC(N(CCc2ccccc2)C(=O)c2ccc3c(c2)OCO3)CC1. The molecule has 0 unspecified atom stereocenters. The van der Waals surface area contributed by atoms with Crippen molar-refractivity contribution in [2.45, 2.75) is 25.3 Å². The third-order valence-electron chi connectivity index (χ3n) is 5.49. The average Bonchev–Trinajstić information content (AvgIpc) is 3.18. The highest BCUT2D eigenvalue weighted by Gasteiger charge is 2.28. The molecule has 27 heavy (non-hydrogen) atoms. The minimum Gasteiger partial charge on any atom is -0.454 e. The molecule has 0 saturated carbocycles. The number of hydrogen-bond acceptors (Lipinski definition) is 4. The summed E-state index contributed by atoms with van der Waals surface area (Å²) >= 11 is 0. The number of amides is 1. The fraction of sp³-hybridized carbons (Fsp3) is 0.409. The van der Waals surface area contributed by atoms with Crippen LogP contribution in [0, 0.1) is 0 Å². The van der Waals surface area contributed by atoms with Gasteiger partial charge < -0.3 is 19.3 Å². The molecule has 2 aliphatic heterocycles. The van der Waals surface area contributed by atoms with E-state index in [4.69, 9.17) is 9.47 Å². The molecule has 142 valence electrons. The standard InChI is InChI=1S/C22H26N2O3/c1-23-12-10-19(11-13-23)24(14-9-17-5-3-2-4-6-17)22(25)18-7-8-20-21(15-18)27-16-26-20/h2-8,15,19H,9-14,16H2,1H3. The zero-order valence-corrected chi connectivity index (χ0v) is 15.8. The van der Waals surface area contributed by atoms with Gasteiger partial charge in [-0.15, -0.1) is 0 Å². The minimum atomic E-state index is 0.0822. The van der Waals surface area contributed by atoms with Crippen molar-refractivity contribution in [3.8, 4) is 11.5 Å². The van der Waals surface area contributed by atoms with Crippen LogP contribution < -0.4 is 9.47 Å². The fourth-order valence-corrected chi connectivity index (χ4v) is 3.85. The maximum absolute atomic E-state index is 13.4. The Morgan fingerprint density at radius 2 is 1.81 bits per heavy atom. The van der Waals surface area contributed by atoms with Gasteiger partial charge in [0, 0.05) is 18.2 Å². The smallest absolute Gasteiger partial charge is 0.254 e. The average molecular weight is 366 g/mol. The summed E-state index contributed by atoms with van der Waals surface area (Å²) in [6.45, 7) is 3.01. The number of nitrogens with zero attached hydrogens (tertiary/aromatic N) is 2. The van der Waals surface area contributed by atoms with Gasteiger partial charge in [0.2, 0.25) is 6.79 Å². The topological polar surface area (TPSA) is 42.0 Å². The zero-order valence-electron chi connectivity index (χ0n) is 15.8. The maximum Gasteiger partial charge on any atom is 0.254 e. The van der Waals surface area contributed by atoms with E-state index in [1.807, 2.05) is 24.3 Å². The minimum absolute atomic E-state index is 0.0822. The number of benzene rings is 2. The number of rotatable bonds is 5. The molecule has 0 radical (unpaired) electrons. The van der Waals surface area contributed by atoms with Crippen LogP contribution in [0.15, 0.2) is 48.5 Å². The first-order valence-electron chi connectivity index (χ1n) is 9.64. The first-order valence-corrected chi connectivity index (χ1v) is 9.64. The number of carbonyl (C=O) groups excluding carboxylic acids is 1. The van der Waals surface area contributed by atoms with Crippen molar-refractivity contribution in [1.82, 2.24) is 9.80 Å². The summed E-state index contributed by atoms with van der Waals surface area (Å²) in [5.74, 6) is 1.45. The summed E-state index contributed by atoms with van der Waals surface area (Å²) in [4.78, 5) is 17.8. The Labute approximate surface area is 160 Å². The molecule has 5 heteroatoms. The van der Waals surface area contributed by atoms with Crippen LogP contribution in [0.5, 0.6) is 11.5 Å². The predicted octanol–water partition coefficient (Wildman–Crippen LogP) is 3.19. The molecule has 5 nitrogen and oxygen atoms in total. The Morgan fingerprint density at radius 3 is 2.59 bits per heavy atom. The van der Waals surface area contributed by atoms with Crippen molar-refractivity contribution in [3.05, 3.63) is 59.7 Å². The van der Waals surface area contributed by atoms with Crippen LogP contribution in [-0.4, -0.2) is 55.2 Å². The first-order chi connectivity index (χ1) is 13.2. The van der Waals surface area contributed by atoms with Crippen molar-refractivity contribution in [2.24, 2.45) is 0 Å². The highest BCUT2D eigenvalue weighted by atomic mass is 16.7. The Balaban J connectivity index is 1.53. The molecule has 0 N–H and O–H groups in total. The lowest BCUT2D eigenvalue weighted by Gasteiger charge is -2.37. The second-order valence-electron chi connectivity index (χ2n) is 7.34. The Kier molecular flexibility index (Phi) is 5.30. The maximum atomic E-state index is 13.4. The highest BCUT2D eigenvalue weighted by molar-refractivity contribution is 5.95. The van der Waals surface area contributed by atoms with E-state index in [0.29, 0.717) is 17.1 Å². The van der Waals surface area contributed by atoms with Gasteiger partial charge in [-0.3, -0.25) is 4.79 Å². The quantitative estimate of drug-likeness (QED) is 0.815. The molecule has 4 rings (SSSR count). The number of carbonyl (C=O) groups is 1. The van der Waals surface area contributed by atoms with Crippen LogP contribution >= 0.6 is 0 Å². The molecule has 2 aromatic carbocycles. The number of piperidine rings is 1. The summed E-state index contributed by atoms with van der Waals surface area (Å²) in [6, 6.07) is 16.1. The molecular weight excluding hydrogens is 340 g/mol. The van der Waals surface area contributed by atoms with Crippen molar-refractivity contribution < 1.29 is 14.3 Å². The van der Waals surface area contributed by atoms with E-state index >= 15 is 0 Å². The van der Waals surface area contributed by atoms with Crippen molar-refractivity contribution in [3.63, 3.8) is 0 Å². The van der Waals surface area contributed by atoms with E-state index in [1.165, 1.54) is 5.56 Å². The molecule has 2 heterocycles. The van der Waals surface area contributed by atoms with E-state index in [2.05, 4.69) is 41.1 Å². The fourth-order valence-electron chi connectivity index (χ4n) is 3.85. The zero-order chi connectivity index (χ0) is 18.6. The van der Waals surface area contributed by atoms with Crippen LogP contribution in [-0.2, 0) is 6.42 Å². The Morgan fingerprint density at radius 1 is 1.07 bits per heavy atom. The molecule has 1 fully saturated rings. The summed E-state index contributed by atoms with van der Waals surface area (Å²) in [6.07, 6.45) is 2.90. The molecular formula is C22H26N2O3. The number of ether oxygens (including phenoxy) is 2. The number of hydrogen-bond donors (Lipinski definition) is 0. The largest absolute Gasteiger partial charge is 0.454 e. The number of likely N-dealkylation sites (tertiary alicyclic amines) is 1. The van der Waals surface area contributed by atoms with Gasteiger partial charge in [-0.05, 0) is 63.2 Å².